The topological polar surface area (TPSA) is 71.1 Å². The number of allylic oxidation sites excluding steroid dienone is 3. The highest BCUT2D eigenvalue weighted by Gasteiger charge is 2.42. The van der Waals surface area contributed by atoms with E-state index in [0.29, 0.717) is 23.3 Å². The lowest BCUT2D eigenvalue weighted by molar-refractivity contribution is -0.118. The summed E-state index contributed by atoms with van der Waals surface area (Å²) >= 11 is 0. The molecular weight excluding hydrogens is 381 g/mol. The van der Waals surface area contributed by atoms with Crippen molar-refractivity contribution in [1.29, 1.82) is 0 Å². The van der Waals surface area contributed by atoms with Gasteiger partial charge in [-0.25, -0.2) is 4.39 Å². The summed E-state index contributed by atoms with van der Waals surface area (Å²) in [6.07, 6.45) is 4.43. The number of ketones is 1. The van der Waals surface area contributed by atoms with Gasteiger partial charge in [0, 0.05) is 47.3 Å². The van der Waals surface area contributed by atoms with Crippen molar-refractivity contribution < 1.29 is 14.0 Å². The SMILES string of the molecule is CC1=C(C(=O)Nc2ccccc2F)C(c2ccncc2)C2=C(CC(C)(C)CC2=O)N1. The van der Waals surface area contributed by atoms with E-state index < -0.39 is 17.6 Å². The summed E-state index contributed by atoms with van der Waals surface area (Å²) in [5, 5.41) is 5.98. The Kier molecular flexibility index (Phi) is 5.02. The van der Waals surface area contributed by atoms with Gasteiger partial charge in [0.05, 0.1) is 5.69 Å². The molecule has 6 heteroatoms. The summed E-state index contributed by atoms with van der Waals surface area (Å²) in [7, 11) is 0. The average molecular weight is 405 g/mol. The number of hydrogen-bond acceptors (Lipinski definition) is 4. The molecule has 2 aliphatic rings. The van der Waals surface area contributed by atoms with Gasteiger partial charge in [-0.15, -0.1) is 0 Å². The van der Waals surface area contributed by atoms with E-state index in [0.717, 1.165) is 17.7 Å². The maximum absolute atomic E-state index is 14.1. The normalized spacial score (nSPS) is 20.5. The maximum atomic E-state index is 14.1. The lowest BCUT2D eigenvalue weighted by Crippen LogP contribution is -2.39. The number of benzene rings is 1. The largest absolute Gasteiger partial charge is 0.362 e. The minimum Gasteiger partial charge on any atom is -0.362 e. The summed E-state index contributed by atoms with van der Waals surface area (Å²) < 4.78 is 14.1. The number of carbonyl (C=O) groups excluding carboxylic acids is 2. The Balaban J connectivity index is 1.80. The molecule has 30 heavy (non-hydrogen) atoms. The van der Waals surface area contributed by atoms with Crippen LogP contribution in [0.2, 0.25) is 0 Å². The molecule has 5 nitrogen and oxygen atoms in total. The first-order valence-corrected chi connectivity index (χ1v) is 9.97. The molecule has 1 atom stereocenters. The zero-order valence-corrected chi connectivity index (χ0v) is 17.3. The van der Waals surface area contributed by atoms with E-state index in [2.05, 4.69) is 29.5 Å². The van der Waals surface area contributed by atoms with Gasteiger partial charge in [0.1, 0.15) is 5.82 Å². The Hall–Kier alpha value is -3.28. The monoisotopic (exact) mass is 405 g/mol. The summed E-state index contributed by atoms with van der Waals surface area (Å²) in [6, 6.07) is 9.67. The molecule has 154 valence electrons. The van der Waals surface area contributed by atoms with Crippen LogP contribution < -0.4 is 10.6 Å². The minimum atomic E-state index is -0.528. The van der Waals surface area contributed by atoms with Crippen LogP contribution in [0.5, 0.6) is 0 Å². The van der Waals surface area contributed by atoms with Gasteiger partial charge in [0.2, 0.25) is 0 Å². The number of amides is 1. The molecule has 1 aliphatic heterocycles. The molecule has 2 heterocycles. The quantitative estimate of drug-likeness (QED) is 0.791. The number of hydrogen-bond donors (Lipinski definition) is 2. The van der Waals surface area contributed by atoms with Crippen molar-refractivity contribution in [1.82, 2.24) is 10.3 Å². The van der Waals surface area contributed by atoms with Gasteiger partial charge in [0.25, 0.3) is 5.91 Å². The van der Waals surface area contributed by atoms with Crippen LogP contribution in [0.1, 0.15) is 45.1 Å². The number of nitrogens with one attached hydrogen (secondary N) is 2. The van der Waals surface area contributed by atoms with Gasteiger partial charge in [-0.1, -0.05) is 26.0 Å². The highest BCUT2D eigenvalue weighted by Crippen LogP contribution is 2.46. The molecule has 0 spiro atoms. The maximum Gasteiger partial charge on any atom is 0.254 e. The molecule has 4 rings (SSSR count). The molecule has 0 fully saturated rings. The fourth-order valence-electron chi connectivity index (χ4n) is 4.38. The van der Waals surface area contributed by atoms with Crippen LogP contribution >= 0.6 is 0 Å². The van der Waals surface area contributed by atoms with E-state index in [-0.39, 0.29) is 16.9 Å². The molecule has 1 amide bonds. The first-order chi connectivity index (χ1) is 14.3. The van der Waals surface area contributed by atoms with Gasteiger partial charge >= 0.3 is 0 Å². The van der Waals surface area contributed by atoms with Crippen molar-refractivity contribution >= 4 is 17.4 Å². The van der Waals surface area contributed by atoms with Crippen LogP contribution in [0, 0.1) is 11.2 Å². The number of aromatic nitrogens is 1. The van der Waals surface area contributed by atoms with Crippen LogP contribution in [0.4, 0.5) is 10.1 Å². The lowest BCUT2D eigenvalue weighted by atomic mass is 9.68. The second-order valence-corrected chi connectivity index (χ2v) is 8.64. The zero-order chi connectivity index (χ0) is 21.5. The number of nitrogens with zero attached hydrogens (tertiary/aromatic N) is 1. The van der Waals surface area contributed by atoms with Crippen LogP contribution in [-0.2, 0) is 9.59 Å². The van der Waals surface area contributed by atoms with Crippen LogP contribution in [0.15, 0.2) is 71.3 Å². The van der Waals surface area contributed by atoms with Crippen molar-refractivity contribution in [2.45, 2.75) is 39.5 Å². The molecular formula is C24H24FN3O2. The molecule has 0 saturated carbocycles. The number of halogens is 1. The third kappa shape index (κ3) is 3.65. The van der Waals surface area contributed by atoms with Crippen LogP contribution in [0.3, 0.4) is 0 Å². The van der Waals surface area contributed by atoms with E-state index in [1.807, 2.05) is 19.1 Å². The van der Waals surface area contributed by atoms with Gasteiger partial charge in [-0.3, -0.25) is 14.6 Å². The number of para-hydroxylation sites is 1. The molecule has 2 aromatic rings. The van der Waals surface area contributed by atoms with Gasteiger partial charge < -0.3 is 10.6 Å². The predicted octanol–water partition coefficient (Wildman–Crippen LogP) is 4.46. The number of anilines is 1. The second kappa shape index (κ2) is 7.52. The lowest BCUT2D eigenvalue weighted by Gasteiger charge is -2.39. The third-order valence-electron chi connectivity index (χ3n) is 5.65. The smallest absolute Gasteiger partial charge is 0.254 e. The highest BCUT2D eigenvalue weighted by atomic mass is 19.1. The first kappa shape index (κ1) is 20.0. The third-order valence-corrected chi connectivity index (χ3v) is 5.65. The van der Waals surface area contributed by atoms with Gasteiger partial charge in [0.15, 0.2) is 5.78 Å². The average Bonchev–Trinajstić information content (AvgIpc) is 2.68. The molecule has 0 saturated heterocycles. The number of dihydropyridines is 1. The molecule has 1 aromatic heterocycles. The summed E-state index contributed by atoms with van der Waals surface area (Å²) in [5.41, 5.74) is 3.31. The molecule has 1 unspecified atom stereocenters. The highest BCUT2D eigenvalue weighted by molar-refractivity contribution is 6.10. The van der Waals surface area contributed by atoms with Crippen molar-refractivity contribution in [3.63, 3.8) is 0 Å². The Bertz CT molecular complexity index is 1090. The fourth-order valence-corrected chi connectivity index (χ4v) is 4.38. The standard InChI is InChI=1S/C24H24FN3O2/c1-14-20(23(30)28-17-7-5-4-6-16(17)25)21(15-8-10-26-11-9-15)22-18(27-14)12-24(2,3)13-19(22)29/h4-11,21,27H,12-13H2,1-3H3,(H,28,30). The van der Waals surface area contributed by atoms with E-state index in [1.54, 1.807) is 24.5 Å². The Morgan fingerprint density at radius 3 is 2.57 bits per heavy atom. The summed E-state index contributed by atoms with van der Waals surface area (Å²) in [4.78, 5) is 30.6. The second-order valence-electron chi connectivity index (χ2n) is 8.64. The molecule has 0 bridgehead atoms. The summed E-state index contributed by atoms with van der Waals surface area (Å²) in [5.74, 6) is -1.45. The molecule has 1 aliphatic carbocycles. The number of rotatable bonds is 3. The van der Waals surface area contributed by atoms with Crippen molar-refractivity contribution in [3.05, 3.63) is 82.7 Å². The van der Waals surface area contributed by atoms with Gasteiger partial charge in [-0.2, -0.15) is 0 Å². The van der Waals surface area contributed by atoms with Crippen LogP contribution in [-0.4, -0.2) is 16.7 Å². The number of Topliss-reactive ketones (excluding diaryl/α,β-unsaturated/α-hetero) is 1. The van der Waals surface area contributed by atoms with Crippen molar-refractivity contribution in [3.8, 4) is 0 Å². The van der Waals surface area contributed by atoms with Crippen molar-refractivity contribution in [2.24, 2.45) is 5.41 Å². The fraction of sp³-hybridized carbons (Fsp3) is 0.292. The van der Waals surface area contributed by atoms with E-state index in [9.17, 15) is 14.0 Å². The molecule has 2 N–H and O–H groups in total. The van der Waals surface area contributed by atoms with Crippen LogP contribution in [0.25, 0.3) is 0 Å². The summed E-state index contributed by atoms with van der Waals surface area (Å²) in [6.45, 7) is 5.95. The Morgan fingerprint density at radius 1 is 1.17 bits per heavy atom. The number of carbonyl (C=O) groups is 2. The van der Waals surface area contributed by atoms with Gasteiger partial charge in [-0.05, 0) is 48.6 Å². The Morgan fingerprint density at radius 2 is 1.87 bits per heavy atom. The number of pyridine rings is 1. The van der Waals surface area contributed by atoms with E-state index in [4.69, 9.17) is 0 Å². The zero-order valence-electron chi connectivity index (χ0n) is 17.3. The van der Waals surface area contributed by atoms with Crippen molar-refractivity contribution in [2.75, 3.05) is 5.32 Å². The van der Waals surface area contributed by atoms with E-state index in [1.165, 1.54) is 12.1 Å². The Labute approximate surface area is 175 Å². The first-order valence-electron chi connectivity index (χ1n) is 9.97. The minimum absolute atomic E-state index is 0.0271. The predicted molar refractivity (Wildman–Crippen MR) is 113 cm³/mol. The molecule has 0 radical (unpaired) electrons. The molecule has 1 aromatic carbocycles. The van der Waals surface area contributed by atoms with E-state index >= 15 is 0 Å².